The van der Waals surface area contributed by atoms with Crippen molar-refractivity contribution in [3.05, 3.63) is 102 Å². The van der Waals surface area contributed by atoms with Gasteiger partial charge in [-0.1, -0.05) is 66.2 Å². The maximum Gasteiger partial charge on any atom is 0.338 e. The molecule has 0 aliphatic carbocycles. The van der Waals surface area contributed by atoms with Crippen molar-refractivity contribution in [2.75, 3.05) is 6.61 Å². The van der Waals surface area contributed by atoms with E-state index in [1.165, 1.54) is 12.1 Å². The number of carbonyl (C=O) groups is 2. The molecule has 6 nitrogen and oxygen atoms in total. The molecule has 0 unspecified atom stereocenters. The van der Waals surface area contributed by atoms with Crippen LogP contribution in [-0.4, -0.2) is 37.2 Å². The monoisotopic (exact) mass is 449 g/mol. The first-order valence-corrected chi connectivity index (χ1v) is 11.7. The lowest BCUT2D eigenvalue weighted by Gasteiger charge is -2.45. The zero-order chi connectivity index (χ0) is 22.7. The summed E-state index contributed by atoms with van der Waals surface area (Å²) in [4.78, 5) is 25.4. The van der Waals surface area contributed by atoms with Crippen LogP contribution < -0.4 is 0 Å². The largest absolute Gasteiger partial charge is 0.460 e. The Balaban J connectivity index is 1.58. The van der Waals surface area contributed by atoms with Crippen LogP contribution in [-0.2, 0) is 26.0 Å². The molecule has 0 radical (unpaired) electrons. The molecule has 1 saturated heterocycles. The van der Waals surface area contributed by atoms with E-state index in [4.69, 9.17) is 4.74 Å². The molecule has 0 saturated carbocycles. The normalized spacial score (nSPS) is 18.2. The van der Waals surface area contributed by atoms with E-state index in [0.29, 0.717) is 12.0 Å². The number of β-lactam (4-membered cyclic amide) rings is 1. The molecular formula is C25H23NO5S. The van der Waals surface area contributed by atoms with Crippen molar-refractivity contribution in [3.63, 3.8) is 0 Å². The highest BCUT2D eigenvalue weighted by Crippen LogP contribution is 2.35. The molecule has 164 valence electrons. The average Bonchev–Trinajstić information content (AvgIpc) is 2.81. The summed E-state index contributed by atoms with van der Waals surface area (Å²) in [6, 6.07) is 23.4. The van der Waals surface area contributed by atoms with Gasteiger partial charge in [0, 0.05) is 0 Å². The summed E-state index contributed by atoms with van der Waals surface area (Å²) in [6.07, 6.45) is 0.368. The van der Waals surface area contributed by atoms with Crippen molar-refractivity contribution in [1.82, 2.24) is 4.31 Å². The van der Waals surface area contributed by atoms with E-state index in [0.717, 1.165) is 15.4 Å². The summed E-state index contributed by atoms with van der Waals surface area (Å²) in [5, 5.41) is 0. The molecule has 7 heteroatoms. The second kappa shape index (κ2) is 8.96. The summed E-state index contributed by atoms with van der Waals surface area (Å²) < 4.78 is 32.7. The van der Waals surface area contributed by atoms with Crippen LogP contribution in [0.4, 0.5) is 0 Å². The summed E-state index contributed by atoms with van der Waals surface area (Å²) in [5.74, 6) is -1.65. The molecule has 0 N–H and O–H groups in total. The predicted octanol–water partition coefficient (Wildman–Crippen LogP) is 3.61. The van der Waals surface area contributed by atoms with Crippen LogP contribution in [0.25, 0.3) is 0 Å². The molecule has 3 aromatic rings. The Hall–Kier alpha value is -3.45. The van der Waals surface area contributed by atoms with E-state index in [1.807, 2.05) is 37.3 Å². The van der Waals surface area contributed by atoms with Gasteiger partial charge in [0.05, 0.1) is 22.4 Å². The van der Waals surface area contributed by atoms with Gasteiger partial charge in [-0.3, -0.25) is 4.79 Å². The van der Waals surface area contributed by atoms with Crippen molar-refractivity contribution >= 4 is 21.9 Å². The number of rotatable bonds is 7. The van der Waals surface area contributed by atoms with Crippen molar-refractivity contribution < 1.29 is 22.7 Å². The van der Waals surface area contributed by atoms with Gasteiger partial charge in [-0.15, -0.1) is 0 Å². The van der Waals surface area contributed by atoms with Crippen LogP contribution in [0.3, 0.4) is 0 Å². The minimum absolute atomic E-state index is 0.0361. The molecule has 1 aliphatic rings. The number of hydrogen-bond donors (Lipinski definition) is 0. The number of benzene rings is 3. The van der Waals surface area contributed by atoms with Crippen LogP contribution in [0.1, 0.15) is 21.5 Å². The van der Waals surface area contributed by atoms with E-state index in [1.54, 1.807) is 42.5 Å². The van der Waals surface area contributed by atoms with Crippen molar-refractivity contribution in [3.8, 4) is 0 Å². The Morgan fingerprint density at radius 1 is 0.906 bits per heavy atom. The van der Waals surface area contributed by atoms with Crippen molar-refractivity contribution in [1.29, 1.82) is 0 Å². The molecule has 3 aromatic carbocycles. The van der Waals surface area contributed by atoms with Gasteiger partial charge in [0.2, 0.25) is 5.91 Å². The minimum atomic E-state index is -4.06. The fourth-order valence-corrected chi connectivity index (χ4v) is 5.43. The summed E-state index contributed by atoms with van der Waals surface area (Å²) in [6.45, 7) is 1.65. The lowest BCUT2D eigenvalue weighted by atomic mass is 9.85. The molecule has 1 fully saturated rings. The van der Waals surface area contributed by atoms with E-state index < -0.39 is 33.9 Å². The molecule has 2 atom stereocenters. The fraction of sp³-hybridized carbons (Fsp3) is 0.200. The van der Waals surface area contributed by atoms with Crippen molar-refractivity contribution in [2.45, 2.75) is 24.3 Å². The van der Waals surface area contributed by atoms with Crippen LogP contribution in [0, 0.1) is 12.8 Å². The summed E-state index contributed by atoms with van der Waals surface area (Å²) in [7, 11) is -4.06. The highest BCUT2D eigenvalue weighted by atomic mass is 32.2. The number of amides is 1. The minimum Gasteiger partial charge on any atom is -0.460 e. The Morgan fingerprint density at radius 3 is 2.12 bits per heavy atom. The molecule has 4 rings (SSSR count). The molecule has 1 amide bonds. The lowest BCUT2D eigenvalue weighted by Crippen LogP contribution is -2.65. The molecule has 32 heavy (non-hydrogen) atoms. The first-order chi connectivity index (χ1) is 15.4. The zero-order valence-electron chi connectivity index (χ0n) is 17.5. The molecular weight excluding hydrogens is 426 g/mol. The third kappa shape index (κ3) is 4.29. The SMILES string of the molecule is Cc1ccc(S(=O)(=O)N2C(=O)[C@H](Cc3ccccc3)[C@@H]2COC(=O)c2ccccc2)cc1. The van der Waals surface area contributed by atoms with Gasteiger partial charge in [-0.25, -0.2) is 17.5 Å². The number of sulfonamides is 1. The number of esters is 1. The second-order valence-corrected chi connectivity index (χ2v) is 9.60. The maximum absolute atomic E-state index is 13.2. The van der Waals surface area contributed by atoms with Crippen LogP contribution in [0.2, 0.25) is 0 Å². The number of hydrogen-bond acceptors (Lipinski definition) is 5. The van der Waals surface area contributed by atoms with Gasteiger partial charge in [0.15, 0.2) is 0 Å². The smallest absolute Gasteiger partial charge is 0.338 e. The van der Waals surface area contributed by atoms with Crippen LogP contribution in [0.15, 0.2) is 89.8 Å². The van der Waals surface area contributed by atoms with Crippen LogP contribution in [0.5, 0.6) is 0 Å². The Bertz CT molecular complexity index is 1210. The quantitative estimate of drug-likeness (QED) is 0.407. The Kier molecular flexibility index (Phi) is 6.10. The van der Waals surface area contributed by atoms with Gasteiger partial charge in [0.1, 0.15) is 6.61 Å². The molecule has 0 spiro atoms. The third-order valence-electron chi connectivity index (χ3n) is 5.57. The number of carbonyl (C=O) groups excluding carboxylic acids is 2. The number of nitrogens with zero attached hydrogens (tertiary/aromatic N) is 1. The van der Waals surface area contributed by atoms with E-state index >= 15 is 0 Å². The average molecular weight is 450 g/mol. The first-order valence-electron chi connectivity index (χ1n) is 10.3. The summed E-state index contributed by atoms with van der Waals surface area (Å²) >= 11 is 0. The fourth-order valence-electron chi connectivity index (χ4n) is 3.79. The third-order valence-corrected chi connectivity index (χ3v) is 7.41. The topological polar surface area (TPSA) is 80.8 Å². The molecule has 0 bridgehead atoms. The second-order valence-electron chi connectivity index (χ2n) is 7.78. The molecule has 1 aliphatic heterocycles. The zero-order valence-corrected chi connectivity index (χ0v) is 18.4. The summed E-state index contributed by atoms with van der Waals surface area (Å²) in [5.41, 5.74) is 2.19. The first kappa shape index (κ1) is 21.8. The van der Waals surface area contributed by atoms with E-state index in [9.17, 15) is 18.0 Å². The Morgan fingerprint density at radius 2 is 1.50 bits per heavy atom. The predicted molar refractivity (Wildman–Crippen MR) is 119 cm³/mol. The number of ether oxygens (including phenoxy) is 1. The van der Waals surface area contributed by atoms with Gasteiger partial charge >= 0.3 is 5.97 Å². The standard InChI is InChI=1S/C25H23NO5S/c1-18-12-14-21(15-13-18)32(29,30)26-23(17-31-25(28)20-10-6-3-7-11-20)22(24(26)27)16-19-8-4-2-5-9-19/h2-15,22-23H,16-17H2,1H3/t22-,23+/m1/s1. The van der Waals surface area contributed by atoms with Gasteiger partial charge in [-0.2, -0.15) is 0 Å². The van der Waals surface area contributed by atoms with Crippen LogP contribution >= 0.6 is 0 Å². The van der Waals surface area contributed by atoms with Crippen molar-refractivity contribution in [2.24, 2.45) is 5.92 Å². The van der Waals surface area contributed by atoms with Gasteiger partial charge < -0.3 is 4.74 Å². The Labute approximate surface area is 187 Å². The highest BCUT2D eigenvalue weighted by Gasteiger charge is 2.53. The number of aryl methyl sites for hydroxylation is 1. The lowest BCUT2D eigenvalue weighted by molar-refractivity contribution is -0.148. The highest BCUT2D eigenvalue weighted by molar-refractivity contribution is 7.89. The van der Waals surface area contributed by atoms with Gasteiger partial charge in [0.25, 0.3) is 10.0 Å². The van der Waals surface area contributed by atoms with E-state index in [2.05, 4.69) is 0 Å². The molecule has 1 heterocycles. The van der Waals surface area contributed by atoms with E-state index in [-0.39, 0.29) is 11.5 Å². The maximum atomic E-state index is 13.2. The van der Waals surface area contributed by atoms with Gasteiger partial charge in [-0.05, 0) is 43.2 Å². The molecule has 0 aromatic heterocycles.